The Labute approximate surface area is 135 Å². The zero-order chi connectivity index (χ0) is 16.2. The van der Waals surface area contributed by atoms with Crippen molar-refractivity contribution in [1.82, 2.24) is 9.99 Å². The van der Waals surface area contributed by atoms with Crippen LogP contribution < -0.4 is 5.43 Å². The summed E-state index contributed by atoms with van der Waals surface area (Å²) in [5, 5.41) is 5.26. The fraction of sp³-hybridized carbons (Fsp3) is 0.158. The molecule has 0 aliphatic carbocycles. The van der Waals surface area contributed by atoms with Crippen molar-refractivity contribution in [2.45, 2.75) is 13.3 Å². The van der Waals surface area contributed by atoms with Gasteiger partial charge in [-0.05, 0) is 18.6 Å². The number of para-hydroxylation sites is 1. The second-order valence-corrected chi connectivity index (χ2v) is 5.53. The summed E-state index contributed by atoms with van der Waals surface area (Å²) in [5.41, 5.74) is 6.88. The molecule has 0 saturated heterocycles. The Morgan fingerprint density at radius 3 is 2.61 bits per heavy atom. The number of nitrogens with zero attached hydrogens (tertiary/aromatic N) is 2. The molecule has 0 aliphatic rings. The first-order chi connectivity index (χ1) is 11.2. The van der Waals surface area contributed by atoms with E-state index in [1.807, 2.05) is 56.4 Å². The van der Waals surface area contributed by atoms with Crippen molar-refractivity contribution in [1.29, 1.82) is 0 Å². The Morgan fingerprint density at radius 1 is 1.13 bits per heavy atom. The molecule has 4 heteroatoms. The van der Waals surface area contributed by atoms with E-state index in [2.05, 4.69) is 27.2 Å². The lowest BCUT2D eigenvalue weighted by molar-refractivity contribution is -0.120. The average Bonchev–Trinajstić information content (AvgIpc) is 2.81. The van der Waals surface area contributed by atoms with E-state index in [4.69, 9.17) is 0 Å². The van der Waals surface area contributed by atoms with Gasteiger partial charge in [0, 0.05) is 29.2 Å². The molecule has 0 atom stereocenters. The van der Waals surface area contributed by atoms with E-state index >= 15 is 0 Å². The van der Waals surface area contributed by atoms with Crippen LogP contribution in [0.2, 0.25) is 0 Å². The number of carbonyl (C=O) groups excluding carboxylic acids is 1. The molecule has 0 unspecified atom stereocenters. The maximum absolute atomic E-state index is 11.9. The molecule has 2 aromatic carbocycles. The van der Waals surface area contributed by atoms with E-state index in [1.54, 1.807) is 6.21 Å². The summed E-state index contributed by atoms with van der Waals surface area (Å²) in [6.45, 7) is 2.05. The molecule has 3 aromatic rings. The molecule has 0 spiro atoms. The highest BCUT2D eigenvalue weighted by Crippen LogP contribution is 2.22. The lowest BCUT2D eigenvalue weighted by atomic mass is 10.1. The van der Waals surface area contributed by atoms with Crippen molar-refractivity contribution < 1.29 is 4.79 Å². The maximum Gasteiger partial charge on any atom is 0.244 e. The predicted molar refractivity (Wildman–Crippen MR) is 93.5 cm³/mol. The SMILES string of the molecule is Cc1c(C=NNC(=O)Cc2ccccc2)c2ccccc2n1C. The van der Waals surface area contributed by atoms with Crippen molar-refractivity contribution in [3.63, 3.8) is 0 Å². The fourth-order valence-corrected chi connectivity index (χ4v) is 2.70. The third-order valence-electron chi connectivity index (χ3n) is 4.04. The minimum Gasteiger partial charge on any atom is -0.347 e. The van der Waals surface area contributed by atoms with Crippen LogP contribution in [0.25, 0.3) is 10.9 Å². The Balaban J connectivity index is 1.74. The van der Waals surface area contributed by atoms with Crippen LogP contribution in [0.15, 0.2) is 59.7 Å². The highest BCUT2D eigenvalue weighted by atomic mass is 16.2. The Kier molecular flexibility index (Phi) is 4.24. The molecule has 1 N–H and O–H groups in total. The molecule has 0 fully saturated rings. The number of benzene rings is 2. The van der Waals surface area contributed by atoms with Crippen molar-refractivity contribution in [2.75, 3.05) is 0 Å². The van der Waals surface area contributed by atoms with Gasteiger partial charge >= 0.3 is 0 Å². The number of aryl methyl sites for hydroxylation is 1. The fourth-order valence-electron chi connectivity index (χ4n) is 2.70. The minimum absolute atomic E-state index is 0.120. The maximum atomic E-state index is 11.9. The standard InChI is InChI=1S/C19H19N3O/c1-14-17(16-10-6-7-11-18(16)22(14)2)13-20-21-19(23)12-15-8-4-3-5-9-15/h3-11,13H,12H2,1-2H3,(H,21,23). The molecule has 1 aromatic heterocycles. The zero-order valence-electron chi connectivity index (χ0n) is 13.3. The van der Waals surface area contributed by atoms with Crippen molar-refractivity contribution in [3.8, 4) is 0 Å². The quantitative estimate of drug-likeness (QED) is 0.584. The van der Waals surface area contributed by atoms with Gasteiger partial charge in [0.05, 0.1) is 12.6 Å². The van der Waals surface area contributed by atoms with E-state index in [-0.39, 0.29) is 5.91 Å². The van der Waals surface area contributed by atoms with Crippen molar-refractivity contribution in [3.05, 3.63) is 71.4 Å². The number of fused-ring (bicyclic) bond motifs is 1. The normalized spacial score (nSPS) is 11.2. The largest absolute Gasteiger partial charge is 0.347 e. The monoisotopic (exact) mass is 305 g/mol. The van der Waals surface area contributed by atoms with Crippen LogP contribution in [0.4, 0.5) is 0 Å². The number of hydrogen-bond acceptors (Lipinski definition) is 2. The Morgan fingerprint density at radius 2 is 1.83 bits per heavy atom. The third kappa shape index (κ3) is 3.16. The second kappa shape index (κ2) is 6.48. The Hall–Kier alpha value is -2.88. The first kappa shape index (κ1) is 15.0. The molecular weight excluding hydrogens is 286 g/mol. The molecule has 3 rings (SSSR count). The van der Waals surface area contributed by atoms with Gasteiger partial charge in [-0.2, -0.15) is 5.10 Å². The number of amides is 1. The van der Waals surface area contributed by atoms with Crippen molar-refractivity contribution in [2.24, 2.45) is 12.1 Å². The van der Waals surface area contributed by atoms with Gasteiger partial charge in [-0.1, -0.05) is 48.5 Å². The van der Waals surface area contributed by atoms with Crippen LogP contribution >= 0.6 is 0 Å². The summed E-state index contributed by atoms with van der Waals surface area (Å²) in [7, 11) is 2.03. The summed E-state index contributed by atoms with van der Waals surface area (Å²) >= 11 is 0. The molecule has 0 aliphatic heterocycles. The second-order valence-electron chi connectivity index (χ2n) is 5.53. The minimum atomic E-state index is -0.120. The van der Waals surface area contributed by atoms with Gasteiger partial charge in [0.25, 0.3) is 0 Å². The molecule has 116 valence electrons. The van der Waals surface area contributed by atoms with Gasteiger partial charge in [0.1, 0.15) is 0 Å². The molecule has 1 amide bonds. The van der Waals surface area contributed by atoms with Crippen molar-refractivity contribution >= 4 is 23.0 Å². The summed E-state index contributed by atoms with van der Waals surface area (Å²) in [6, 6.07) is 17.8. The topological polar surface area (TPSA) is 46.4 Å². The van der Waals surface area contributed by atoms with E-state index < -0.39 is 0 Å². The summed E-state index contributed by atoms with van der Waals surface area (Å²) in [4.78, 5) is 11.9. The lowest BCUT2D eigenvalue weighted by Crippen LogP contribution is -2.19. The number of nitrogens with one attached hydrogen (secondary N) is 1. The smallest absolute Gasteiger partial charge is 0.244 e. The predicted octanol–water partition coefficient (Wildman–Crippen LogP) is 3.18. The average molecular weight is 305 g/mol. The molecule has 0 radical (unpaired) electrons. The van der Waals surface area contributed by atoms with Crippen LogP contribution in [0, 0.1) is 6.92 Å². The van der Waals surface area contributed by atoms with Crippen LogP contribution in [0.1, 0.15) is 16.8 Å². The van der Waals surface area contributed by atoms with Gasteiger partial charge in [-0.3, -0.25) is 4.79 Å². The lowest BCUT2D eigenvalue weighted by Gasteiger charge is -2.00. The molecule has 23 heavy (non-hydrogen) atoms. The number of hydrazone groups is 1. The highest BCUT2D eigenvalue weighted by molar-refractivity contribution is 6.01. The van der Waals surface area contributed by atoms with E-state index in [9.17, 15) is 4.79 Å². The molecule has 1 heterocycles. The van der Waals surface area contributed by atoms with Crippen LogP contribution in [-0.2, 0) is 18.3 Å². The number of carbonyl (C=O) groups is 1. The summed E-state index contributed by atoms with van der Waals surface area (Å²) in [6.07, 6.45) is 2.05. The van der Waals surface area contributed by atoms with Gasteiger partial charge in [-0.15, -0.1) is 0 Å². The van der Waals surface area contributed by atoms with Gasteiger partial charge in [-0.25, -0.2) is 5.43 Å². The van der Waals surface area contributed by atoms with Crippen LogP contribution in [-0.4, -0.2) is 16.7 Å². The molecule has 4 nitrogen and oxygen atoms in total. The van der Waals surface area contributed by atoms with Gasteiger partial charge in [0.2, 0.25) is 5.91 Å². The Bertz CT molecular complexity index is 863. The van der Waals surface area contributed by atoms with Gasteiger partial charge in [0.15, 0.2) is 0 Å². The van der Waals surface area contributed by atoms with E-state index in [0.717, 1.165) is 27.7 Å². The third-order valence-corrected chi connectivity index (χ3v) is 4.04. The first-order valence-corrected chi connectivity index (χ1v) is 7.56. The summed E-state index contributed by atoms with van der Waals surface area (Å²) in [5.74, 6) is -0.120. The number of hydrogen-bond donors (Lipinski definition) is 1. The highest BCUT2D eigenvalue weighted by Gasteiger charge is 2.09. The summed E-state index contributed by atoms with van der Waals surface area (Å²) < 4.78 is 2.13. The van der Waals surface area contributed by atoms with E-state index in [0.29, 0.717) is 6.42 Å². The molecule has 0 saturated carbocycles. The van der Waals surface area contributed by atoms with E-state index in [1.165, 1.54) is 0 Å². The molecule has 0 bridgehead atoms. The first-order valence-electron chi connectivity index (χ1n) is 7.56. The number of aromatic nitrogens is 1. The van der Waals surface area contributed by atoms with Crippen LogP contribution in [0.3, 0.4) is 0 Å². The molecular formula is C19H19N3O. The van der Waals surface area contributed by atoms with Crippen LogP contribution in [0.5, 0.6) is 0 Å². The van der Waals surface area contributed by atoms with Gasteiger partial charge < -0.3 is 4.57 Å². The zero-order valence-corrected chi connectivity index (χ0v) is 13.3. The number of rotatable bonds is 4.